The minimum atomic E-state index is -0.391. The summed E-state index contributed by atoms with van der Waals surface area (Å²) in [7, 11) is 0. The van der Waals surface area contributed by atoms with Crippen molar-refractivity contribution in [3.8, 4) is 0 Å². The van der Waals surface area contributed by atoms with Gasteiger partial charge in [-0.25, -0.2) is 0 Å². The lowest BCUT2D eigenvalue weighted by molar-refractivity contribution is -0.154. The van der Waals surface area contributed by atoms with E-state index in [1.165, 1.54) is 70.6 Å². The van der Waals surface area contributed by atoms with Crippen LogP contribution in [0.3, 0.4) is 0 Å². The van der Waals surface area contributed by atoms with Gasteiger partial charge in [-0.1, -0.05) is 41.5 Å². The van der Waals surface area contributed by atoms with E-state index in [9.17, 15) is 10.2 Å². The number of aliphatic hydroxyl groups excluding tert-OH is 1. The van der Waals surface area contributed by atoms with Crippen molar-refractivity contribution < 1.29 is 10.2 Å². The lowest BCUT2D eigenvalue weighted by Gasteiger charge is -2.62. The molecule has 2 nitrogen and oxygen atoms in total. The van der Waals surface area contributed by atoms with Gasteiger partial charge in [-0.3, -0.25) is 0 Å². The van der Waals surface area contributed by atoms with Crippen molar-refractivity contribution in [3.63, 3.8) is 0 Å². The number of hydrogen-bond donors (Lipinski definition) is 2. The van der Waals surface area contributed by atoms with E-state index in [2.05, 4.69) is 41.5 Å². The van der Waals surface area contributed by atoms with E-state index in [4.69, 9.17) is 0 Å². The van der Waals surface area contributed by atoms with E-state index < -0.39 is 5.60 Å². The molecule has 202 valence electrons. The van der Waals surface area contributed by atoms with Crippen molar-refractivity contribution in [2.45, 2.75) is 150 Å². The zero-order chi connectivity index (χ0) is 25.2. The highest BCUT2D eigenvalue weighted by molar-refractivity contribution is 5.11. The van der Waals surface area contributed by atoms with Crippen LogP contribution in [0.15, 0.2) is 0 Å². The second kappa shape index (κ2) is 9.29. The van der Waals surface area contributed by atoms with Gasteiger partial charge in [0, 0.05) is 0 Å². The second-order valence-electron chi connectivity index (χ2n) is 15.9. The number of aliphatic hydroxyl groups is 2. The van der Waals surface area contributed by atoms with Gasteiger partial charge in [-0.05, 0) is 154 Å². The van der Waals surface area contributed by atoms with Crippen molar-refractivity contribution in [3.05, 3.63) is 0 Å². The SMILES string of the molecule is CC[C@]1(O)CC[C@@]2(C)[C@H](CC[C@H]3[C@@H]4CC[C@H]([C@H](C)[C@H](O)CC5CCC(C)(C)CC5)C4(C)CC[C@@H]32)C1. The van der Waals surface area contributed by atoms with Crippen LogP contribution in [0, 0.1) is 57.7 Å². The van der Waals surface area contributed by atoms with E-state index in [1.54, 1.807) is 0 Å². The van der Waals surface area contributed by atoms with Crippen LogP contribution in [0.5, 0.6) is 0 Å². The molecule has 2 N–H and O–H groups in total. The third-order valence-corrected chi connectivity index (χ3v) is 13.8. The molecule has 1 unspecified atom stereocenters. The topological polar surface area (TPSA) is 40.5 Å². The second-order valence-corrected chi connectivity index (χ2v) is 15.9. The normalized spacial score (nSPS) is 49.5. The molecule has 0 bridgehead atoms. The van der Waals surface area contributed by atoms with Gasteiger partial charge in [0.15, 0.2) is 0 Å². The fourth-order valence-corrected chi connectivity index (χ4v) is 11.1. The standard InChI is InChI=1S/C33H58O2/c1-7-33(35)19-18-31(5)24(21-33)8-9-25-27-11-10-26(32(27,6)17-14-28(25)31)22(2)29(34)20-23-12-15-30(3,4)16-13-23/h22-29,34-35H,7-21H2,1-6H3/t22-,24+,25-,26+,27-,28-,29+,31-,32?,33-/m0/s1. The smallest absolute Gasteiger partial charge is 0.0648 e. The van der Waals surface area contributed by atoms with Crippen LogP contribution in [-0.4, -0.2) is 21.9 Å². The summed E-state index contributed by atoms with van der Waals surface area (Å²) in [6.45, 7) is 14.7. The molecule has 5 aliphatic rings. The molecule has 0 aliphatic heterocycles. The van der Waals surface area contributed by atoms with Gasteiger partial charge in [0.2, 0.25) is 0 Å². The Morgan fingerprint density at radius 3 is 2.14 bits per heavy atom. The molecule has 0 amide bonds. The van der Waals surface area contributed by atoms with Gasteiger partial charge in [-0.2, -0.15) is 0 Å². The Bertz CT molecular complexity index is 750. The van der Waals surface area contributed by atoms with Crippen molar-refractivity contribution >= 4 is 0 Å². The van der Waals surface area contributed by atoms with E-state index in [0.29, 0.717) is 28.1 Å². The molecular weight excluding hydrogens is 428 g/mol. The average Bonchev–Trinajstić information content (AvgIpc) is 3.17. The zero-order valence-electron chi connectivity index (χ0n) is 24.1. The molecule has 35 heavy (non-hydrogen) atoms. The molecule has 10 atom stereocenters. The van der Waals surface area contributed by atoms with Crippen LogP contribution in [0.2, 0.25) is 0 Å². The fourth-order valence-electron chi connectivity index (χ4n) is 11.1. The summed E-state index contributed by atoms with van der Waals surface area (Å²) < 4.78 is 0. The van der Waals surface area contributed by atoms with Gasteiger partial charge >= 0.3 is 0 Å². The summed E-state index contributed by atoms with van der Waals surface area (Å²) in [6.07, 6.45) is 18.7. The molecule has 5 saturated carbocycles. The van der Waals surface area contributed by atoms with Crippen LogP contribution in [0.4, 0.5) is 0 Å². The highest BCUT2D eigenvalue weighted by Crippen LogP contribution is 2.69. The zero-order valence-corrected chi connectivity index (χ0v) is 24.1. The Morgan fingerprint density at radius 2 is 1.46 bits per heavy atom. The molecule has 5 rings (SSSR count). The first kappa shape index (κ1) is 26.5. The van der Waals surface area contributed by atoms with Crippen molar-refractivity contribution in [2.75, 3.05) is 0 Å². The maximum atomic E-state index is 11.4. The third kappa shape index (κ3) is 4.57. The molecule has 0 saturated heterocycles. The van der Waals surface area contributed by atoms with E-state index in [0.717, 1.165) is 55.3 Å². The first-order valence-corrected chi connectivity index (χ1v) is 15.8. The molecule has 0 aromatic rings. The molecular formula is C33H58O2. The summed E-state index contributed by atoms with van der Waals surface area (Å²) in [5, 5.41) is 22.5. The van der Waals surface area contributed by atoms with Crippen molar-refractivity contribution in [1.29, 1.82) is 0 Å². The lowest BCUT2D eigenvalue weighted by Crippen LogP contribution is -2.56. The molecule has 2 heteroatoms. The van der Waals surface area contributed by atoms with Crippen LogP contribution in [-0.2, 0) is 0 Å². The first-order valence-electron chi connectivity index (χ1n) is 15.8. The molecule has 0 spiro atoms. The molecule has 0 aromatic carbocycles. The van der Waals surface area contributed by atoms with E-state index in [1.807, 2.05) is 0 Å². The summed E-state index contributed by atoms with van der Waals surface area (Å²) in [5.41, 5.74) is 1.00. The largest absolute Gasteiger partial charge is 0.393 e. The third-order valence-electron chi connectivity index (χ3n) is 13.8. The van der Waals surface area contributed by atoms with Crippen LogP contribution in [0.25, 0.3) is 0 Å². The minimum absolute atomic E-state index is 0.113. The number of rotatable bonds is 5. The summed E-state index contributed by atoms with van der Waals surface area (Å²) in [4.78, 5) is 0. The lowest BCUT2D eigenvalue weighted by atomic mass is 9.43. The summed E-state index contributed by atoms with van der Waals surface area (Å²) in [5.74, 6) is 5.22. The maximum absolute atomic E-state index is 11.4. The maximum Gasteiger partial charge on any atom is 0.0648 e. The molecule has 5 aliphatic carbocycles. The minimum Gasteiger partial charge on any atom is -0.393 e. The predicted molar refractivity (Wildman–Crippen MR) is 146 cm³/mol. The molecule has 5 fully saturated rings. The summed E-state index contributed by atoms with van der Waals surface area (Å²) >= 11 is 0. The average molecular weight is 487 g/mol. The Balaban J connectivity index is 1.25. The molecule has 0 aromatic heterocycles. The Kier molecular flexibility index (Phi) is 7.04. The highest BCUT2D eigenvalue weighted by Gasteiger charge is 2.61. The van der Waals surface area contributed by atoms with Crippen LogP contribution >= 0.6 is 0 Å². The number of fused-ring (bicyclic) bond motifs is 5. The van der Waals surface area contributed by atoms with Gasteiger partial charge in [0.25, 0.3) is 0 Å². The highest BCUT2D eigenvalue weighted by atomic mass is 16.3. The van der Waals surface area contributed by atoms with Crippen molar-refractivity contribution in [1.82, 2.24) is 0 Å². The Morgan fingerprint density at radius 1 is 0.771 bits per heavy atom. The van der Waals surface area contributed by atoms with Gasteiger partial charge in [0.05, 0.1) is 11.7 Å². The van der Waals surface area contributed by atoms with Crippen LogP contribution < -0.4 is 0 Å². The first-order chi connectivity index (χ1) is 16.4. The van der Waals surface area contributed by atoms with Gasteiger partial charge in [0.1, 0.15) is 0 Å². The van der Waals surface area contributed by atoms with E-state index in [-0.39, 0.29) is 6.10 Å². The van der Waals surface area contributed by atoms with Gasteiger partial charge in [-0.15, -0.1) is 0 Å². The number of hydrogen-bond acceptors (Lipinski definition) is 2. The summed E-state index contributed by atoms with van der Waals surface area (Å²) in [6, 6.07) is 0. The van der Waals surface area contributed by atoms with Crippen LogP contribution in [0.1, 0.15) is 138 Å². The Hall–Kier alpha value is -0.0800. The fraction of sp³-hybridized carbons (Fsp3) is 1.00. The quantitative estimate of drug-likeness (QED) is 0.409. The van der Waals surface area contributed by atoms with Gasteiger partial charge < -0.3 is 10.2 Å². The Labute approximate surface area is 217 Å². The molecule has 0 radical (unpaired) electrons. The van der Waals surface area contributed by atoms with Crippen molar-refractivity contribution in [2.24, 2.45) is 57.7 Å². The molecule has 0 heterocycles. The predicted octanol–water partition coefficient (Wildman–Crippen LogP) is 8.39. The monoisotopic (exact) mass is 486 g/mol. The van der Waals surface area contributed by atoms with E-state index >= 15 is 0 Å².